The topological polar surface area (TPSA) is 76.7 Å². The molecule has 4 aliphatic carbocycles. The third-order valence-corrected chi connectivity index (χ3v) is 7.66. The van der Waals surface area contributed by atoms with Gasteiger partial charge < -0.3 is 20.1 Å². The molecule has 4 fully saturated rings. The lowest BCUT2D eigenvalue weighted by Gasteiger charge is -2.56. The van der Waals surface area contributed by atoms with E-state index in [0.29, 0.717) is 30.2 Å². The first-order valence-electron chi connectivity index (χ1n) is 12.6. The smallest absolute Gasteiger partial charge is 0.243 e. The molecule has 180 valence electrons. The highest BCUT2D eigenvalue weighted by Crippen LogP contribution is 2.61. The predicted molar refractivity (Wildman–Crippen MR) is 131 cm³/mol. The molecule has 6 rings (SSSR count). The third kappa shape index (κ3) is 5.37. The van der Waals surface area contributed by atoms with E-state index in [2.05, 4.69) is 10.6 Å². The molecule has 2 aromatic rings. The van der Waals surface area contributed by atoms with Crippen molar-refractivity contribution >= 4 is 17.5 Å². The van der Waals surface area contributed by atoms with Crippen molar-refractivity contribution in [2.75, 3.05) is 18.5 Å². The molecule has 0 radical (unpaired) electrons. The SMILES string of the molecule is CCOc1ccc(Oc2ccc(NC(=O)CNC(=O)CC34CC5CC(CC(C5)C3)C4)cc2)cc1. The van der Waals surface area contributed by atoms with Crippen molar-refractivity contribution in [1.82, 2.24) is 5.32 Å². The van der Waals surface area contributed by atoms with E-state index >= 15 is 0 Å². The van der Waals surface area contributed by atoms with E-state index in [1.807, 2.05) is 31.2 Å². The standard InChI is InChI=1S/C28H34N2O4/c1-2-33-23-7-9-25(10-8-23)34-24-5-3-22(4-6-24)30-27(32)18-29-26(31)17-28-14-19-11-20(15-28)13-21(12-19)16-28/h3-10,19-21H,2,11-18H2,1H3,(H,29,31)(H,30,32). The highest BCUT2D eigenvalue weighted by Gasteiger charge is 2.51. The molecule has 2 aromatic carbocycles. The molecule has 4 saturated carbocycles. The summed E-state index contributed by atoms with van der Waals surface area (Å²) in [5, 5.41) is 5.69. The van der Waals surface area contributed by atoms with Gasteiger partial charge in [0.05, 0.1) is 13.2 Å². The Hall–Kier alpha value is -3.02. The van der Waals surface area contributed by atoms with Gasteiger partial charge >= 0.3 is 0 Å². The Labute approximate surface area is 201 Å². The number of anilines is 1. The molecule has 0 saturated heterocycles. The first-order valence-corrected chi connectivity index (χ1v) is 12.6. The molecular formula is C28H34N2O4. The van der Waals surface area contributed by atoms with Crippen molar-refractivity contribution in [2.24, 2.45) is 23.2 Å². The molecule has 0 spiro atoms. The number of hydrogen-bond donors (Lipinski definition) is 2. The van der Waals surface area contributed by atoms with Crippen molar-refractivity contribution in [1.29, 1.82) is 0 Å². The Morgan fingerprint density at radius 1 is 0.824 bits per heavy atom. The summed E-state index contributed by atoms with van der Waals surface area (Å²) in [7, 11) is 0. The van der Waals surface area contributed by atoms with Crippen LogP contribution in [0, 0.1) is 23.2 Å². The van der Waals surface area contributed by atoms with Crippen LogP contribution in [0.5, 0.6) is 17.2 Å². The number of nitrogens with one attached hydrogen (secondary N) is 2. The Morgan fingerprint density at radius 2 is 1.35 bits per heavy atom. The van der Waals surface area contributed by atoms with E-state index in [4.69, 9.17) is 9.47 Å². The van der Waals surface area contributed by atoms with Crippen molar-refractivity contribution in [3.8, 4) is 17.2 Å². The van der Waals surface area contributed by atoms with E-state index < -0.39 is 0 Å². The highest BCUT2D eigenvalue weighted by atomic mass is 16.5. The first-order chi connectivity index (χ1) is 16.5. The molecule has 2 amide bonds. The summed E-state index contributed by atoms with van der Waals surface area (Å²) in [4.78, 5) is 25.0. The number of carbonyl (C=O) groups excluding carboxylic acids is 2. The second kappa shape index (κ2) is 9.69. The van der Waals surface area contributed by atoms with Gasteiger partial charge in [0.25, 0.3) is 0 Å². The van der Waals surface area contributed by atoms with Crippen LogP contribution < -0.4 is 20.1 Å². The first kappa shape index (κ1) is 22.8. The maximum Gasteiger partial charge on any atom is 0.243 e. The molecule has 34 heavy (non-hydrogen) atoms. The molecule has 6 nitrogen and oxygen atoms in total. The van der Waals surface area contributed by atoms with Crippen molar-refractivity contribution in [2.45, 2.75) is 51.9 Å². The van der Waals surface area contributed by atoms with E-state index in [1.54, 1.807) is 24.3 Å². The Kier molecular flexibility index (Phi) is 6.48. The molecule has 0 aliphatic heterocycles. The van der Waals surface area contributed by atoms with Gasteiger partial charge in [-0.05, 0) is 117 Å². The quantitative estimate of drug-likeness (QED) is 0.513. The Balaban J connectivity index is 1.07. The highest BCUT2D eigenvalue weighted by molar-refractivity contribution is 5.94. The maximum absolute atomic E-state index is 12.6. The summed E-state index contributed by atoms with van der Waals surface area (Å²) >= 11 is 0. The van der Waals surface area contributed by atoms with Gasteiger partial charge in [0, 0.05) is 12.1 Å². The minimum Gasteiger partial charge on any atom is -0.494 e. The average Bonchev–Trinajstić information content (AvgIpc) is 2.79. The second-order valence-corrected chi connectivity index (χ2v) is 10.5. The number of hydrogen-bond acceptors (Lipinski definition) is 4. The largest absolute Gasteiger partial charge is 0.494 e. The third-order valence-electron chi connectivity index (χ3n) is 7.66. The summed E-state index contributed by atoms with van der Waals surface area (Å²) in [6.07, 6.45) is 8.27. The van der Waals surface area contributed by atoms with E-state index in [1.165, 1.54) is 38.5 Å². The minimum absolute atomic E-state index is 0.00434. The molecular weight excluding hydrogens is 428 g/mol. The molecule has 2 N–H and O–H groups in total. The average molecular weight is 463 g/mol. The van der Waals surface area contributed by atoms with Gasteiger partial charge in [0.2, 0.25) is 11.8 Å². The fraction of sp³-hybridized carbons (Fsp3) is 0.500. The maximum atomic E-state index is 12.6. The Morgan fingerprint density at radius 3 is 1.91 bits per heavy atom. The van der Waals surface area contributed by atoms with Crippen LogP contribution in [-0.2, 0) is 9.59 Å². The fourth-order valence-corrected chi connectivity index (χ4v) is 6.81. The molecule has 4 bridgehead atoms. The van der Waals surface area contributed by atoms with Gasteiger partial charge in [-0.2, -0.15) is 0 Å². The van der Waals surface area contributed by atoms with Gasteiger partial charge in [0.1, 0.15) is 17.2 Å². The minimum atomic E-state index is -0.223. The van der Waals surface area contributed by atoms with Crippen LogP contribution in [0.15, 0.2) is 48.5 Å². The second-order valence-electron chi connectivity index (χ2n) is 10.5. The summed E-state index contributed by atoms with van der Waals surface area (Å²) in [5.74, 6) is 4.44. The van der Waals surface area contributed by atoms with Crippen LogP contribution in [-0.4, -0.2) is 25.0 Å². The number of ether oxygens (including phenoxy) is 2. The van der Waals surface area contributed by atoms with Crippen LogP contribution in [0.4, 0.5) is 5.69 Å². The summed E-state index contributed by atoms with van der Waals surface area (Å²) in [6, 6.07) is 14.6. The van der Waals surface area contributed by atoms with Crippen LogP contribution in [0.1, 0.15) is 51.9 Å². The van der Waals surface area contributed by atoms with Gasteiger partial charge in [0.15, 0.2) is 0 Å². The zero-order valence-electron chi connectivity index (χ0n) is 19.8. The van der Waals surface area contributed by atoms with E-state index in [9.17, 15) is 9.59 Å². The van der Waals surface area contributed by atoms with Gasteiger partial charge in [-0.15, -0.1) is 0 Å². The van der Waals surface area contributed by atoms with Gasteiger partial charge in [-0.25, -0.2) is 0 Å². The fourth-order valence-electron chi connectivity index (χ4n) is 6.81. The number of carbonyl (C=O) groups is 2. The number of rotatable bonds is 9. The van der Waals surface area contributed by atoms with Crippen molar-refractivity contribution in [3.05, 3.63) is 48.5 Å². The zero-order chi connectivity index (χ0) is 23.5. The molecule has 0 atom stereocenters. The summed E-state index contributed by atoms with van der Waals surface area (Å²) in [5.41, 5.74) is 0.855. The van der Waals surface area contributed by atoms with E-state index in [-0.39, 0.29) is 23.8 Å². The normalized spacial score (nSPS) is 26.7. The van der Waals surface area contributed by atoms with Crippen LogP contribution in [0.25, 0.3) is 0 Å². The van der Waals surface area contributed by atoms with Crippen LogP contribution in [0.2, 0.25) is 0 Å². The lowest BCUT2D eigenvalue weighted by Crippen LogP contribution is -2.48. The summed E-state index contributed by atoms with van der Waals surface area (Å²) in [6.45, 7) is 2.57. The molecule has 6 heteroatoms. The van der Waals surface area contributed by atoms with E-state index in [0.717, 1.165) is 23.5 Å². The van der Waals surface area contributed by atoms with Crippen LogP contribution >= 0.6 is 0 Å². The summed E-state index contributed by atoms with van der Waals surface area (Å²) < 4.78 is 11.3. The monoisotopic (exact) mass is 462 g/mol. The van der Waals surface area contributed by atoms with Crippen molar-refractivity contribution in [3.63, 3.8) is 0 Å². The van der Waals surface area contributed by atoms with Crippen LogP contribution in [0.3, 0.4) is 0 Å². The number of amides is 2. The van der Waals surface area contributed by atoms with Crippen molar-refractivity contribution < 1.29 is 19.1 Å². The van der Waals surface area contributed by atoms with Gasteiger partial charge in [-0.1, -0.05) is 0 Å². The lowest BCUT2D eigenvalue weighted by atomic mass is 9.49. The lowest BCUT2D eigenvalue weighted by molar-refractivity contribution is -0.131. The molecule has 0 heterocycles. The molecule has 0 aromatic heterocycles. The predicted octanol–water partition coefficient (Wildman–Crippen LogP) is 5.54. The molecule has 4 aliphatic rings. The Bertz CT molecular complexity index is 980. The molecule has 0 unspecified atom stereocenters. The number of benzene rings is 2. The zero-order valence-corrected chi connectivity index (χ0v) is 19.8. The van der Waals surface area contributed by atoms with Gasteiger partial charge in [-0.3, -0.25) is 9.59 Å².